The van der Waals surface area contributed by atoms with Gasteiger partial charge in [0.25, 0.3) is 11.5 Å². The summed E-state index contributed by atoms with van der Waals surface area (Å²) in [4.78, 5) is 24.8. The van der Waals surface area contributed by atoms with E-state index in [-0.39, 0.29) is 17.2 Å². The zero-order chi connectivity index (χ0) is 15.1. The van der Waals surface area contributed by atoms with Gasteiger partial charge in [-0.15, -0.1) is 11.3 Å². The van der Waals surface area contributed by atoms with Crippen molar-refractivity contribution in [3.8, 4) is 0 Å². The fourth-order valence-corrected chi connectivity index (χ4v) is 2.46. The minimum Gasteiger partial charge on any atom is -0.383 e. The highest BCUT2D eigenvalue weighted by Gasteiger charge is 2.09. The second-order valence-corrected chi connectivity index (χ2v) is 5.39. The Kier molecular flexibility index (Phi) is 5.65. The Hall–Kier alpha value is -1.99. The van der Waals surface area contributed by atoms with Gasteiger partial charge in [0.15, 0.2) is 0 Å². The molecule has 112 valence electrons. The maximum absolute atomic E-state index is 12.0. The molecule has 0 bridgehead atoms. The molecule has 2 aromatic heterocycles. The fraction of sp³-hybridized carbons (Fsp3) is 0.357. The van der Waals surface area contributed by atoms with E-state index in [0.29, 0.717) is 19.7 Å². The van der Waals surface area contributed by atoms with Gasteiger partial charge in [-0.1, -0.05) is 6.07 Å². The van der Waals surface area contributed by atoms with Crippen LogP contribution in [0.4, 0.5) is 0 Å². The van der Waals surface area contributed by atoms with Crippen molar-refractivity contribution in [2.45, 2.75) is 13.0 Å². The number of carbonyl (C=O) groups is 1. The van der Waals surface area contributed by atoms with Crippen LogP contribution >= 0.6 is 11.3 Å². The van der Waals surface area contributed by atoms with E-state index in [4.69, 9.17) is 4.74 Å². The van der Waals surface area contributed by atoms with Gasteiger partial charge < -0.3 is 10.1 Å². The topological polar surface area (TPSA) is 73.2 Å². The number of rotatable bonds is 7. The lowest BCUT2D eigenvalue weighted by Gasteiger charge is -2.07. The molecule has 0 spiro atoms. The molecule has 2 aromatic rings. The molecule has 2 heterocycles. The Morgan fingerprint density at radius 1 is 1.43 bits per heavy atom. The van der Waals surface area contributed by atoms with E-state index in [2.05, 4.69) is 10.4 Å². The Bertz CT molecular complexity index is 637. The van der Waals surface area contributed by atoms with Crippen molar-refractivity contribution in [1.29, 1.82) is 0 Å². The minimum atomic E-state index is -0.280. The van der Waals surface area contributed by atoms with Crippen molar-refractivity contribution in [1.82, 2.24) is 15.1 Å². The van der Waals surface area contributed by atoms with E-state index in [1.165, 1.54) is 21.7 Å². The standard InChI is InChI=1S/C14H17N3O3S/c1-20-9-8-17-13(18)5-4-12(16-17)14(19)15-7-6-11-3-2-10-21-11/h2-5,10H,6-9H2,1H3,(H,15,19). The van der Waals surface area contributed by atoms with Crippen LogP contribution in [-0.4, -0.2) is 35.9 Å². The first-order chi connectivity index (χ1) is 10.2. The monoisotopic (exact) mass is 307 g/mol. The van der Waals surface area contributed by atoms with E-state index in [1.807, 2.05) is 17.5 Å². The number of aromatic nitrogens is 2. The number of ether oxygens (including phenoxy) is 1. The van der Waals surface area contributed by atoms with Gasteiger partial charge in [-0.2, -0.15) is 5.10 Å². The van der Waals surface area contributed by atoms with Crippen LogP contribution in [0.3, 0.4) is 0 Å². The highest BCUT2D eigenvalue weighted by molar-refractivity contribution is 7.09. The van der Waals surface area contributed by atoms with Crippen LogP contribution in [0.2, 0.25) is 0 Å². The highest BCUT2D eigenvalue weighted by Crippen LogP contribution is 2.08. The van der Waals surface area contributed by atoms with Crippen molar-refractivity contribution in [3.63, 3.8) is 0 Å². The second kappa shape index (κ2) is 7.70. The van der Waals surface area contributed by atoms with Gasteiger partial charge in [0.1, 0.15) is 5.69 Å². The van der Waals surface area contributed by atoms with Crippen LogP contribution in [0, 0.1) is 0 Å². The minimum absolute atomic E-state index is 0.233. The molecule has 1 amide bonds. The van der Waals surface area contributed by atoms with Gasteiger partial charge in [-0.25, -0.2) is 4.68 Å². The normalized spacial score (nSPS) is 10.5. The summed E-state index contributed by atoms with van der Waals surface area (Å²) in [6.07, 6.45) is 0.784. The quantitative estimate of drug-likeness (QED) is 0.825. The molecule has 6 nitrogen and oxygen atoms in total. The van der Waals surface area contributed by atoms with E-state index in [9.17, 15) is 9.59 Å². The average Bonchev–Trinajstić information content (AvgIpc) is 2.99. The number of carbonyl (C=O) groups excluding carboxylic acids is 1. The summed E-state index contributed by atoms with van der Waals surface area (Å²) >= 11 is 1.66. The number of methoxy groups -OCH3 is 1. The van der Waals surface area contributed by atoms with Crippen molar-refractivity contribution in [2.75, 3.05) is 20.3 Å². The number of nitrogens with one attached hydrogen (secondary N) is 1. The van der Waals surface area contributed by atoms with Crippen LogP contribution in [0.25, 0.3) is 0 Å². The van der Waals surface area contributed by atoms with Crippen LogP contribution in [0.1, 0.15) is 15.4 Å². The lowest BCUT2D eigenvalue weighted by Crippen LogP contribution is -2.31. The van der Waals surface area contributed by atoms with Gasteiger partial charge in [-0.05, 0) is 23.9 Å². The number of amides is 1. The second-order valence-electron chi connectivity index (χ2n) is 4.36. The predicted octanol–water partition coefficient (Wildman–Crippen LogP) is 0.924. The van der Waals surface area contributed by atoms with Crippen LogP contribution in [-0.2, 0) is 17.7 Å². The molecule has 0 aliphatic heterocycles. The SMILES string of the molecule is COCCn1nc(C(=O)NCCc2cccs2)ccc1=O. The lowest BCUT2D eigenvalue weighted by atomic mass is 10.3. The van der Waals surface area contributed by atoms with E-state index < -0.39 is 0 Å². The number of hydrogen-bond donors (Lipinski definition) is 1. The van der Waals surface area contributed by atoms with E-state index in [0.717, 1.165) is 6.42 Å². The summed E-state index contributed by atoms with van der Waals surface area (Å²) in [6.45, 7) is 1.24. The first-order valence-electron chi connectivity index (χ1n) is 6.58. The van der Waals surface area contributed by atoms with Crippen LogP contribution < -0.4 is 10.9 Å². The van der Waals surface area contributed by atoms with Gasteiger partial charge in [0.2, 0.25) is 0 Å². The molecule has 0 saturated heterocycles. The van der Waals surface area contributed by atoms with Crippen molar-refractivity contribution >= 4 is 17.2 Å². The summed E-state index contributed by atoms with van der Waals surface area (Å²) in [6, 6.07) is 6.79. The molecule has 2 rings (SSSR count). The summed E-state index contributed by atoms with van der Waals surface area (Å²) < 4.78 is 6.14. The number of hydrogen-bond acceptors (Lipinski definition) is 5. The van der Waals surface area contributed by atoms with Crippen LogP contribution in [0.15, 0.2) is 34.4 Å². The molecule has 1 N–H and O–H groups in total. The zero-order valence-electron chi connectivity index (χ0n) is 11.7. The average molecular weight is 307 g/mol. The Morgan fingerprint density at radius 3 is 3.00 bits per heavy atom. The lowest BCUT2D eigenvalue weighted by molar-refractivity contribution is 0.0945. The third kappa shape index (κ3) is 4.51. The fourth-order valence-electron chi connectivity index (χ4n) is 1.75. The number of nitrogens with zero attached hydrogens (tertiary/aromatic N) is 2. The van der Waals surface area contributed by atoms with Gasteiger partial charge in [0, 0.05) is 24.6 Å². The molecule has 0 aromatic carbocycles. The molecule has 0 radical (unpaired) electrons. The number of thiophene rings is 1. The largest absolute Gasteiger partial charge is 0.383 e. The Labute approximate surface area is 126 Å². The molecule has 0 unspecified atom stereocenters. The van der Waals surface area contributed by atoms with E-state index in [1.54, 1.807) is 18.4 Å². The molecule has 0 aliphatic rings. The first-order valence-corrected chi connectivity index (χ1v) is 7.46. The maximum atomic E-state index is 12.0. The summed E-state index contributed by atoms with van der Waals surface area (Å²) in [5.41, 5.74) is -0.0148. The smallest absolute Gasteiger partial charge is 0.271 e. The molecular formula is C14H17N3O3S. The summed E-state index contributed by atoms with van der Waals surface area (Å²) in [5, 5.41) is 8.84. The molecule has 21 heavy (non-hydrogen) atoms. The zero-order valence-corrected chi connectivity index (χ0v) is 12.6. The summed E-state index contributed by atoms with van der Waals surface area (Å²) in [7, 11) is 1.55. The maximum Gasteiger partial charge on any atom is 0.271 e. The third-order valence-corrected chi connectivity index (χ3v) is 3.78. The Balaban J connectivity index is 1.93. The van der Waals surface area contributed by atoms with Crippen LogP contribution in [0.5, 0.6) is 0 Å². The highest BCUT2D eigenvalue weighted by atomic mass is 32.1. The van der Waals surface area contributed by atoms with Crippen molar-refractivity contribution in [3.05, 3.63) is 50.6 Å². The van der Waals surface area contributed by atoms with Gasteiger partial charge in [-0.3, -0.25) is 9.59 Å². The van der Waals surface area contributed by atoms with E-state index >= 15 is 0 Å². The molecule has 0 atom stereocenters. The van der Waals surface area contributed by atoms with Gasteiger partial charge >= 0.3 is 0 Å². The molecule has 7 heteroatoms. The molecule has 0 saturated carbocycles. The molecule has 0 fully saturated rings. The third-order valence-electron chi connectivity index (χ3n) is 2.84. The Morgan fingerprint density at radius 2 is 2.29 bits per heavy atom. The van der Waals surface area contributed by atoms with Gasteiger partial charge in [0.05, 0.1) is 13.2 Å². The van der Waals surface area contributed by atoms with Crippen molar-refractivity contribution in [2.24, 2.45) is 0 Å². The molecular weight excluding hydrogens is 290 g/mol. The summed E-state index contributed by atoms with van der Waals surface area (Å²) in [5.74, 6) is -0.280. The predicted molar refractivity (Wildman–Crippen MR) is 80.7 cm³/mol. The molecule has 0 aliphatic carbocycles. The first kappa shape index (κ1) is 15.4. The van der Waals surface area contributed by atoms with Crippen molar-refractivity contribution < 1.29 is 9.53 Å².